The van der Waals surface area contributed by atoms with E-state index in [1.165, 1.54) is 22.6 Å². The van der Waals surface area contributed by atoms with E-state index in [-0.39, 0.29) is 18.1 Å². The standard InChI is InChI=1S/C24H30N6O2S/c1-3-10-29-23(32)22-19(9-15-33-22)30-20(25-26-24(29)30)7-8-21(31)28-13-11-27(12-14-28)18-6-4-5-17(2)16-18/h4-6,9,15-16,24,26H,3,7-8,10-14H2,1-2H3. The van der Waals surface area contributed by atoms with Crippen molar-refractivity contribution in [2.75, 3.05) is 42.5 Å². The maximum Gasteiger partial charge on any atom is 0.269 e. The van der Waals surface area contributed by atoms with E-state index < -0.39 is 0 Å². The van der Waals surface area contributed by atoms with Crippen LogP contribution in [0.5, 0.6) is 0 Å². The molecule has 3 aliphatic heterocycles. The summed E-state index contributed by atoms with van der Waals surface area (Å²) in [6, 6.07) is 10.5. The Morgan fingerprint density at radius 3 is 2.79 bits per heavy atom. The molecule has 0 radical (unpaired) electrons. The van der Waals surface area contributed by atoms with E-state index in [0.29, 0.717) is 19.4 Å². The molecule has 9 heteroatoms. The van der Waals surface area contributed by atoms with E-state index in [2.05, 4.69) is 58.4 Å². The number of piperazine rings is 1. The smallest absolute Gasteiger partial charge is 0.269 e. The Bertz CT molecular complexity index is 1070. The molecule has 1 saturated heterocycles. The molecule has 0 bridgehead atoms. The minimum atomic E-state index is -0.303. The minimum absolute atomic E-state index is 0.0506. The van der Waals surface area contributed by atoms with E-state index in [1.54, 1.807) is 0 Å². The molecule has 0 saturated carbocycles. The summed E-state index contributed by atoms with van der Waals surface area (Å²) in [6.45, 7) is 7.99. The summed E-state index contributed by atoms with van der Waals surface area (Å²) in [6.07, 6.45) is 1.53. The number of rotatable bonds is 6. The highest BCUT2D eigenvalue weighted by Crippen LogP contribution is 2.37. The summed E-state index contributed by atoms with van der Waals surface area (Å²) in [5, 5.41) is 6.48. The molecular weight excluding hydrogens is 436 g/mol. The van der Waals surface area contributed by atoms with Crippen LogP contribution in [-0.2, 0) is 4.79 Å². The van der Waals surface area contributed by atoms with Crippen molar-refractivity contribution in [3.8, 4) is 0 Å². The predicted octanol–water partition coefficient (Wildman–Crippen LogP) is 3.06. The third-order valence-corrected chi connectivity index (χ3v) is 7.40. The Morgan fingerprint density at radius 2 is 2.03 bits per heavy atom. The molecule has 3 aliphatic rings. The topological polar surface area (TPSA) is 71.5 Å². The first-order valence-corrected chi connectivity index (χ1v) is 12.5. The number of amides is 2. The lowest BCUT2D eigenvalue weighted by Gasteiger charge is -2.39. The molecule has 0 aliphatic carbocycles. The van der Waals surface area contributed by atoms with Gasteiger partial charge in [-0.3, -0.25) is 24.8 Å². The highest BCUT2D eigenvalue weighted by molar-refractivity contribution is 7.12. The molecule has 174 valence electrons. The van der Waals surface area contributed by atoms with Crippen LogP contribution in [0.3, 0.4) is 0 Å². The number of hydrogen-bond donors (Lipinski definition) is 1. The van der Waals surface area contributed by atoms with Gasteiger partial charge in [0.1, 0.15) is 10.7 Å². The van der Waals surface area contributed by atoms with Crippen molar-refractivity contribution in [1.29, 1.82) is 0 Å². The Labute approximate surface area is 198 Å². The number of nitrogens with one attached hydrogen (secondary N) is 1. The second kappa shape index (κ2) is 9.05. The summed E-state index contributed by atoms with van der Waals surface area (Å²) in [4.78, 5) is 34.8. The number of benzene rings is 1. The van der Waals surface area contributed by atoms with E-state index in [0.717, 1.165) is 49.0 Å². The van der Waals surface area contributed by atoms with Crippen LogP contribution in [0.15, 0.2) is 40.8 Å². The third kappa shape index (κ3) is 4.06. The minimum Gasteiger partial charge on any atom is -0.368 e. The van der Waals surface area contributed by atoms with Crippen LogP contribution in [0, 0.1) is 6.92 Å². The fraction of sp³-hybridized carbons (Fsp3) is 0.458. The molecule has 1 N–H and O–H groups in total. The lowest BCUT2D eigenvalue weighted by atomic mass is 10.1. The highest BCUT2D eigenvalue weighted by Gasteiger charge is 2.43. The second-order valence-corrected chi connectivity index (χ2v) is 9.66. The number of carbonyl (C=O) groups excluding carboxylic acids is 2. The van der Waals surface area contributed by atoms with Crippen molar-refractivity contribution in [3.63, 3.8) is 0 Å². The van der Waals surface area contributed by atoms with E-state index in [1.807, 2.05) is 21.2 Å². The SMILES string of the molecule is CCCN1C(=O)c2sccc2N2C(CCC(=O)N3CCN(c4cccc(C)c4)CC3)=NNC12. The number of hydrazone groups is 1. The Morgan fingerprint density at radius 1 is 1.21 bits per heavy atom. The van der Waals surface area contributed by atoms with Crippen molar-refractivity contribution in [2.45, 2.75) is 39.4 Å². The Kier molecular flexibility index (Phi) is 5.97. The van der Waals surface area contributed by atoms with Gasteiger partial charge in [0, 0.05) is 51.3 Å². The first kappa shape index (κ1) is 21.8. The number of carbonyl (C=O) groups is 2. The summed E-state index contributed by atoms with van der Waals surface area (Å²) < 4.78 is 0. The molecule has 1 aromatic carbocycles. The maximum atomic E-state index is 13.0. The fourth-order valence-corrected chi connectivity index (χ4v) is 5.65. The number of nitrogens with zero attached hydrogens (tertiary/aromatic N) is 5. The zero-order valence-corrected chi connectivity index (χ0v) is 20.0. The van der Waals surface area contributed by atoms with Gasteiger partial charge < -0.3 is 9.80 Å². The molecule has 0 spiro atoms. The summed E-state index contributed by atoms with van der Waals surface area (Å²) in [5.74, 6) is 1.03. The van der Waals surface area contributed by atoms with Crippen LogP contribution < -0.4 is 15.2 Å². The first-order chi connectivity index (χ1) is 16.1. The second-order valence-electron chi connectivity index (χ2n) is 8.74. The molecule has 5 rings (SSSR count). The highest BCUT2D eigenvalue weighted by atomic mass is 32.1. The molecule has 8 nitrogen and oxygen atoms in total. The molecule has 4 heterocycles. The molecular formula is C24H30N6O2S. The third-order valence-electron chi connectivity index (χ3n) is 6.51. The molecule has 1 aromatic heterocycles. The van der Waals surface area contributed by atoms with Crippen molar-refractivity contribution in [1.82, 2.24) is 15.2 Å². The van der Waals surface area contributed by atoms with Crippen LogP contribution in [-0.4, -0.2) is 66.5 Å². The van der Waals surface area contributed by atoms with Crippen LogP contribution in [0.4, 0.5) is 11.4 Å². The molecule has 1 atom stereocenters. The number of anilines is 2. The Balaban J connectivity index is 1.20. The number of aryl methyl sites for hydroxylation is 1. The van der Waals surface area contributed by atoms with Crippen molar-refractivity contribution < 1.29 is 9.59 Å². The lowest BCUT2D eigenvalue weighted by Crippen LogP contribution is -2.58. The number of fused-ring (bicyclic) bond motifs is 3. The van der Waals surface area contributed by atoms with Gasteiger partial charge in [0.15, 0.2) is 0 Å². The molecule has 1 unspecified atom stereocenters. The van der Waals surface area contributed by atoms with Gasteiger partial charge in [-0.2, -0.15) is 5.10 Å². The Hall–Kier alpha value is -3.07. The summed E-state index contributed by atoms with van der Waals surface area (Å²) in [5.41, 5.74) is 6.50. The van der Waals surface area contributed by atoms with Crippen LogP contribution >= 0.6 is 11.3 Å². The van der Waals surface area contributed by atoms with Gasteiger partial charge in [-0.05, 0) is 42.5 Å². The average Bonchev–Trinajstić information content (AvgIpc) is 3.47. The molecule has 2 aromatic rings. The normalized spacial score (nSPS) is 19.9. The quantitative estimate of drug-likeness (QED) is 0.709. The van der Waals surface area contributed by atoms with Crippen molar-refractivity contribution in [3.05, 3.63) is 46.2 Å². The predicted molar refractivity (Wildman–Crippen MR) is 132 cm³/mol. The monoisotopic (exact) mass is 466 g/mol. The molecule has 33 heavy (non-hydrogen) atoms. The van der Waals surface area contributed by atoms with E-state index >= 15 is 0 Å². The van der Waals surface area contributed by atoms with E-state index in [9.17, 15) is 9.59 Å². The number of hydrogen-bond acceptors (Lipinski definition) is 7. The van der Waals surface area contributed by atoms with Crippen molar-refractivity contribution >= 4 is 40.4 Å². The van der Waals surface area contributed by atoms with Crippen LogP contribution in [0.25, 0.3) is 0 Å². The lowest BCUT2D eigenvalue weighted by molar-refractivity contribution is -0.131. The zero-order chi connectivity index (χ0) is 22.9. The van der Waals surface area contributed by atoms with E-state index in [4.69, 9.17) is 0 Å². The molecule has 1 fully saturated rings. The maximum absolute atomic E-state index is 13.0. The van der Waals surface area contributed by atoms with Gasteiger partial charge in [-0.15, -0.1) is 11.3 Å². The first-order valence-electron chi connectivity index (χ1n) is 11.7. The largest absolute Gasteiger partial charge is 0.368 e. The van der Waals surface area contributed by atoms with Gasteiger partial charge in [0.2, 0.25) is 12.2 Å². The van der Waals surface area contributed by atoms with Crippen LogP contribution in [0.1, 0.15) is 41.4 Å². The van der Waals surface area contributed by atoms with Gasteiger partial charge in [-0.1, -0.05) is 19.1 Å². The van der Waals surface area contributed by atoms with Gasteiger partial charge >= 0.3 is 0 Å². The van der Waals surface area contributed by atoms with Gasteiger partial charge in [0.25, 0.3) is 5.91 Å². The fourth-order valence-electron chi connectivity index (χ4n) is 4.82. The van der Waals surface area contributed by atoms with Crippen molar-refractivity contribution in [2.24, 2.45) is 5.10 Å². The van der Waals surface area contributed by atoms with Gasteiger partial charge in [-0.25, -0.2) is 0 Å². The summed E-state index contributed by atoms with van der Waals surface area (Å²) >= 11 is 1.46. The zero-order valence-electron chi connectivity index (χ0n) is 19.2. The molecule has 2 amide bonds. The van der Waals surface area contributed by atoms with Gasteiger partial charge in [0.05, 0.1) is 5.69 Å². The summed E-state index contributed by atoms with van der Waals surface area (Å²) in [7, 11) is 0. The van der Waals surface area contributed by atoms with Crippen LogP contribution in [0.2, 0.25) is 0 Å². The average molecular weight is 467 g/mol. The number of thiophene rings is 1. The number of amidine groups is 1.